The first kappa shape index (κ1) is 12.4. The van der Waals surface area contributed by atoms with Crippen LogP contribution in [0.25, 0.3) is 0 Å². The zero-order chi connectivity index (χ0) is 11.4. The number of ether oxygens (including phenoxy) is 1. The maximum atomic E-state index is 6.15. The molecule has 0 aromatic rings. The lowest BCUT2D eigenvalue weighted by atomic mass is 9.71. The predicted octanol–water partition coefficient (Wildman–Crippen LogP) is 3.46. The van der Waals surface area contributed by atoms with Crippen molar-refractivity contribution >= 4 is 0 Å². The Morgan fingerprint density at radius 1 is 1.25 bits per heavy atom. The number of hydrogen-bond acceptors (Lipinski definition) is 2. The van der Waals surface area contributed by atoms with Crippen LogP contribution in [0.15, 0.2) is 0 Å². The van der Waals surface area contributed by atoms with Crippen LogP contribution in [0, 0.1) is 5.41 Å². The van der Waals surface area contributed by atoms with E-state index in [1.165, 1.54) is 51.4 Å². The minimum atomic E-state index is 0.368. The Kier molecular flexibility index (Phi) is 4.26. The molecule has 2 fully saturated rings. The van der Waals surface area contributed by atoms with E-state index in [0.717, 1.165) is 6.54 Å². The van der Waals surface area contributed by atoms with Crippen LogP contribution in [0.5, 0.6) is 0 Å². The van der Waals surface area contributed by atoms with E-state index >= 15 is 0 Å². The number of rotatable bonds is 6. The average Bonchev–Trinajstić information content (AvgIpc) is 2.52. The first-order valence-corrected chi connectivity index (χ1v) is 7.19. The van der Waals surface area contributed by atoms with E-state index in [4.69, 9.17) is 4.74 Å². The molecule has 3 atom stereocenters. The van der Waals surface area contributed by atoms with Gasteiger partial charge in [-0.25, -0.2) is 0 Å². The second kappa shape index (κ2) is 5.50. The zero-order valence-corrected chi connectivity index (χ0v) is 10.9. The van der Waals surface area contributed by atoms with Crippen LogP contribution in [0.4, 0.5) is 0 Å². The third kappa shape index (κ3) is 2.43. The Balaban J connectivity index is 1.96. The summed E-state index contributed by atoms with van der Waals surface area (Å²) in [4.78, 5) is 0. The lowest BCUT2D eigenvalue weighted by Gasteiger charge is -2.35. The van der Waals surface area contributed by atoms with Crippen LogP contribution in [0.1, 0.15) is 65.2 Å². The Morgan fingerprint density at radius 3 is 2.88 bits per heavy atom. The number of nitrogens with one attached hydrogen (secondary N) is 1. The fourth-order valence-electron chi connectivity index (χ4n) is 3.51. The molecule has 2 saturated heterocycles. The second-order valence-corrected chi connectivity index (χ2v) is 5.63. The van der Waals surface area contributed by atoms with Crippen LogP contribution in [-0.4, -0.2) is 18.9 Å². The molecule has 0 aliphatic carbocycles. The summed E-state index contributed by atoms with van der Waals surface area (Å²) >= 11 is 0. The monoisotopic (exact) mass is 225 g/mol. The summed E-state index contributed by atoms with van der Waals surface area (Å²) in [6, 6.07) is 0. The van der Waals surface area contributed by atoms with Gasteiger partial charge in [0.25, 0.3) is 0 Å². The Hall–Kier alpha value is -0.0800. The van der Waals surface area contributed by atoms with Crippen LogP contribution < -0.4 is 5.32 Å². The highest BCUT2D eigenvalue weighted by Crippen LogP contribution is 2.48. The molecule has 1 N–H and O–H groups in total. The molecule has 2 nitrogen and oxygen atoms in total. The molecular weight excluding hydrogens is 198 g/mol. The predicted molar refractivity (Wildman–Crippen MR) is 67.4 cm³/mol. The minimum Gasteiger partial charge on any atom is -0.360 e. The smallest absolute Gasteiger partial charge is 0.109 e. The van der Waals surface area contributed by atoms with E-state index in [9.17, 15) is 0 Å². The highest BCUT2D eigenvalue weighted by Gasteiger charge is 2.49. The molecule has 16 heavy (non-hydrogen) atoms. The van der Waals surface area contributed by atoms with Gasteiger partial charge < -0.3 is 4.74 Å². The van der Waals surface area contributed by atoms with Gasteiger partial charge in [-0.1, -0.05) is 39.5 Å². The van der Waals surface area contributed by atoms with Gasteiger partial charge in [0, 0.05) is 5.41 Å². The van der Waals surface area contributed by atoms with E-state index in [0.29, 0.717) is 17.7 Å². The highest BCUT2D eigenvalue weighted by atomic mass is 16.5. The van der Waals surface area contributed by atoms with Crippen LogP contribution in [0.3, 0.4) is 0 Å². The highest BCUT2D eigenvalue weighted by molar-refractivity contribution is 4.98. The molecular formula is C14H27NO. The summed E-state index contributed by atoms with van der Waals surface area (Å²) in [5.74, 6) is 0. The standard InChI is InChI=1S/C14H27NO/c1-3-5-6-8-14-9-10-15-13(11-14)16-12(14)7-4-2/h12-13,15H,3-11H2,1-2H3. The molecule has 0 aromatic heterocycles. The third-order valence-electron chi connectivity index (χ3n) is 4.43. The van der Waals surface area contributed by atoms with Crippen LogP contribution >= 0.6 is 0 Å². The van der Waals surface area contributed by atoms with Crippen molar-refractivity contribution in [3.63, 3.8) is 0 Å². The largest absolute Gasteiger partial charge is 0.360 e. The van der Waals surface area contributed by atoms with E-state index in [1.54, 1.807) is 0 Å². The lowest BCUT2D eigenvalue weighted by Crippen LogP contribution is -2.39. The summed E-state index contributed by atoms with van der Waals surface area (Å²) in [6.45, 7) is 5.73. The molecule has 2 rings (SSSR count). The van der Waals surface area contributed by atoms with Gasteiger partial charge in [-0.2, -0.15) is 0 Å². The van der Waals surface area contributed by atoms with Crippen molar-refractivity contribution < 1.29 is 4.74 Å². The van der Waals surface area contributed by atoms with E-state index in [-0.39, 0.29) is 0 Å². The fourth-order valence-corrected chi connectivity index (χ4v) is 3.51. The topological polar surface area (TPSA) is 21.3 Å². The van der Waals surface area contributed by atoms with Gasteiger partial charge >= 0.3 is 0 Å². The Morgan fingerprint density at radius 2 is 2.12 bits per heavy atom. The number of fused-ring (bicyclic) bond motifs is 2. The lowest BCUT2D eigenvalue weighted by molar-refractivity contribution is 0.00678. The van der Waals surface area contributed by atoms with Crippen molar-refractivity contribution in [3.8, 4) is 0 Å². The first-order chi connectivity index (χ1) is 7.80. The van der Waals surface area contributed by atoms with Gasteiger partial charge in [0.05, 0.1) is 6.10 Å². The van der Waals surface area contributed by atoms with Gasteiger partial charge in [-0.05, 0) is 32.2 Å². The molecule has 3 unspecified atom stereocenters. The van der Waals surface area contributed by atoms with Crippen LogP contribution in [0.2, 0.25) is 0 Å². The van der Waals surface area contributed by atoms with Crippen molar-refractivity contribution in [2.45, 2.75) is 77.5 Å². The molecule has 2 heterocycles. The Bertz CT molecular complexity index is 219. The molecule has 2 aliphatic heterocycles. The molecule has 2 heteroatoms. The van der Waals surface area contributed by atoms with E-state index in [2.05, 4.69) is 19.2 Å². The molecule has 0 spiro atoms. The van der Waals surface area contributed by atoms with E-state index < -0.39 is 0 Å². The molecule has 0 amide bonds. The van der Waals surface area contributed by atoms with Crippen molar-refractivity contribution in [2.24, 2.45) is 5.41 Å². The second-order valence-electron chi connectivity index (χ2n) is 5.63. The Labute approximate surface area is 100 Å². The van der Waals surface area contributed by atoms with Gasteiger partial charge in [0.1, 0.15) is 6.23 Å². The van der Waals surface area contributed by atoms with Gasteiger partial charge in [0.15, 0.2) is 0 Å². The number of unbranched alkanes of at least 4 members (excludes halogenated alkanes) is 2. The van der Waals surface area contributed by atoms with Gasteiger partial charge in [-0.3, -0.25) is 5.32 Å². The molecule has 0 aromatic carbocycles. The van der Waals surface area contributed by atoms with Crippen molar-refractivity contribution in [1.82, 2.24) is 5.32 Å². The molecule has 2 aliphatic rings. The first-order valence-electron chi connectivity index (χ1n) is 7.19. The summed E-state index contributed by atoms with van der Waals surface area (Å²) in [6.07, 6.45) is 11.5. The normalized spacial score (nSPS) is 37.9. The van der Waals surface area contributed by atoms with Crippen molar-refractivity contribution in [2.75, 3.05) is 6.54 Å². The minimum absolute atomic E-state index is 0.368. The number of piperidine rings is 1. The van der Waals surface area contributed by atoms with Gasteiger partial charge in [0.2, 0.25) is 0 Å². The van der Waals surface area contributed by atoms with Crippen molar-refractivity contribution in [3.05, 3.63) is 0 Å². The van der Waals surface area contributed by atoms with Crippen molar-refractivity contribution in [1.29, 1.82) is 0 Å². The third-order valence-corrected chi connectivity index (χ3v) is 4.43. The SMILES string of the molecule is CCCCCC12CCNC(C1)OC2CCC. The maximum absolute atomic E-state index is 6.15. The summed E-state index contributed by atoms with van der Waals surface area (Å²) in [7, 11) is 0. The van der Waals surface area contributed by atoms with Crippen LogP contribution in [-0.2, 0) is 4.74 Å². The summed E-state index contributed by atoms with van der Waals surface area (Å²) in [5, 5.41) is 3.49. The summed E-state index contributed by atoms with van der Waals surface area (Å²) in [5.41, 5.74) is 0.529. The quantitative estimate of drug-likeness (QED) is 0.699. The zero-order valence-electron chi connectivity index (χ0n) is 10.9. The van der Waals surface area contributed by atoms with E-state index in [1.807, 2.05) is 0 Å². The molecule has 94 valence electrons. The van der Waals surface area contributed by atoms with Gasteiger partial charge in [-0.15, -0.1) is 0 Å². The molecule has 0 radical (unpaired) electrons. The average molecular weight is 225 g/mol. The number of hydrogen-bond donors (Lipinski definition) is 1. The molecule has 0 saturated carbocycles. The summed E-state index contributed by atoms with van der Waals surface area (Å²) < 4.78 is 6.15. The fraction of sp³-hybridized carbons (Fsp3) is 1.00. The maximum Gasteiger partial charge on any atom is 0.109 e. The molecule has 2 bridgehead atoms.